The Morgan fingerprint density at radius 1 is 1.14 bits per heavy atom. The maximum atomic E-state index is 12.6. The molecule has 0 N–H and O–H groups in total. The number of amides is 1. The molecular weight excluding hydrogens is 372 g/mol. The molecule has 28 heavy (non-hydrogen) atoms. The number of thioether (sulfide) groups is 1. The van der Waals surface area contributed by atoms with Crippen molar-refractivity contribution in [1.29, 1.82) is 0 Å². The summed E-state index contributed by atoms with van der Waals surface area (Å²) in [5, 5.41) is 18.6. The van der Waals surface area contributed by atoms with Gasteiger partial charge in [0.25, 0.3) is 5.91 Å². The number of nitrogens with zero attached hydrogens (tertiary/aromatic N) is 6. The van der Waals surface area contributed by atoms with Crippen LogP contribution in [0.5, 0.6) is 0 Å². The molecule has 1 aliphatic heterocycles. The van der Waals surface area contributed by atoms with Gasteiger partial charge in [-0.25, -0.2) is 5.01 Å². The van der Waals surface area contributed by atoms with Crippen molar-refractivity contribution in [3.8, 4) is 5.69 Å². The Morgan fingerprint density at radius 3 is 2.79 bits per heavy atom. The van der Waals surface area contributed by atoms with Gasteiger partial charge in [0.15, 0.2) is 0 Å². The van der Waals surface area contributed by atoms with Gasteiger partial charge < -0.3 is 0 Å². The molecule has 0 spiro atoms. The fourth-order valence-electron chi connectivity index (χ4n) is 3.04. The van der Waals surface area contributed by atoms with Crippen LogP contribution in [0, 0.1) is 13.8 Å². The number of aryl methyl sites for hydroxylation is 2. The smallest absolute Gasteiger partial charge is 0.253 e. The summed E-state index contributed by atoms with van der Waals surface area (Å²) >= 11 is 1.32. The van der Waals surface area contributed by atoms with E-state index >= 15 is 0 Å². The van der Waals surface area contributed by atoms with Crippen LogP contribution in [0.15, 0.2) is 58.8 Å². The minimum Gasteiger partial charge on any atom is -0.272 e. The van der Waals surface area contributed by atoms with Crippen molar-refractivity contribution >= 4 is 23.4 Å². The van der Waals surface area contributed by atoms with Crippen molar-refractivity contribution in [3.63, 3.8) is 0 Å². The number of rotatable bonds is 5. The summed E-state index contributed by atoms with van der Waals surface area (Å²) in [4.78, 5) is 12.6. The highest BCUT2D eigenvalue weighted by molar-refractivity contribution is 7.99. The Balaban J connectivity index is 1.45. The molecule has 0 saturated heterocycles. The lowest BCUT2D eigenvalue weighted by atomic mass is 10.1. The number of hydrazone groups is 1. The normalized spacial score (nSPS) is 13.6. The fraction of sp³-hybridized carbons (Fsp3) is 0.250. The molecule has 2 aromatic carbocycles. The summed E-state index contributed by atoms with van der Waals surface area (Å²) in [5.74, 6) is 0.183. The highest BCUT2D eigenvalue weighted by atomic mass is 32.2. The van der Waals surface area contributed by atoms with E-state index in [9.17, 15) is 4.79 Å². The molecule has 0 radical (unpaired) electrons. The molecule has 1 aliphatic rings. The lowest BCUT2D eigenvalue weighted by molar-refractivity contribution is -0.127. The molecule has 4 rings (SSSR count). The van der Waals surface area contributed by atoms with Gasteiger partial charge >= 0.3 is 0 Å². The van der Waals surface area contributed by atoms with Gasteiger partial charge in [0.2, 0.25) is 5.16 Å². The van der Waals surface area contributed by atoms with Crippen LogP contribution in [-0.4, -0.2) is 49.1 Å². The van der Waals surface area contributed by atoms with E-state index < -0.39 is 0 Å². The first-order valence-electron chi connectivity index (χ1n) is 9.04. The first-order chi connectivity index (χ1) is 13.6. The van der Waals surface area contributed by atoms with Crippen molar-refractivity contribution in [2.24, 2.45) is 5.10 Å². The molecule has 0 aliphatic carbocycles. The third-order valence-electron chi connectivity index (χ3n) is 4.56. The number of carbonyl (C=O) groups is 1. The summed E-state index contributed by atoms with van der Waals surface area (Å²) in [5.41, 5.74) is 5.12. The molecule has 0 fully saturated rings. The van der Waals surface area contributed by atoms with Crippen LogP contribution >= 0.6 is 11.8 Å². The standard InChI is InChI=1S/C20H20N6OS/c1-14-8-9-15(2)18(12-14)26-20(21-23-24-26)28-13-19(27)25-11-10-17(22-25)16-6-4-3-5-7-16/h3-9,12H,10-11,13H2,1-2H3. The van der Waals surface area contributed by atoms with E-state index in [1.54, 1.807) is 9.69 Å². The van der Waals surface area contributed by atoms with Gasteiger partial charge in [-0.15, -0.1) is 5.10 Å². The third kappa shape index (κ3) is 3.82. The average molecular weight is 392 g/mol. The monoisotopic (exact) mass is 392 g/mol. The summed E-state index contributed by atoms with van der Waals surface area (Å²) < 4.78 is 1.68. The molecular formula is C20H20N6OS. The summed E-state index contributed by atoms with van der Waals surface area (Å²) in [6.45, 7) is 4.64. The van der Waals surface area contributed by atoms with Crippen LogP contribution in [0.4, 0.5) is 0 Å². The minimum absolute atomic E-state index is 0.0496. The first kappa shape index (κ1) is 18.4. The lowest BCUT2D eigenvalue weighted by Crippen LogP contribution is -2.25. The highest BCUT2D eigenvalue weighted by Crippen LogP contribution is 2.23. The van der Waals surface area contributed by atoms with Crippen LogP contribution in [0.2, 0.25) is 0 Å². The number of tetrazole rings is 1. The summed E-state index contributed by atoms with van der Waals surface area (Å²) in [6, 6.07) is 16.1. The number of carbonyl (C=O) groups excluding carboxylic acids is 1. The molecule has 0 atom stereocenters. The molecule has 1 aromatic heterocycles. The van der Waals surface area contributed by atoms with Crippen LogP contribution in [0.1, 0.15) is 23.1 Å². The Kier molecular flexibility index (Phi) is 5.21. The second-order valence-electron chi connectivity index (χ2n) is 6.63. The van der Waals surface area contributed by atoms with Gasteiger partial charge in [0.05, 0.1) is 23.7 Å². The molecule has 0 saturated carbocycles. The van der Waals surface area contributed by atoms with Crippen molar-refractivity contribution in [2.75, 3.05) is 12.3 Å². The van der Waals surface area contributed by atoms with Gasteiger partial charge in [-0.1, -0.05) is 54.2 Å². The number of hydrogen-bond acceptors (Lipinski definition) is 6. The van der Waals surface area contributed by atoms with E-state index in [0.717, 1.165) is 34.5 Å². The quantitative estimate of drug-likeness (QED) is 0.624. The van der Waals surface area contributed by atoms with Gasteiger partial charge in [-0.2, -0.15) is 9.78 Å². The van der Waals surface area contributed by atoms with E-state index in [1.165, 1.54) is 11.8 Å². The second kappa shape index (κ2) is 7.93. The van der Waals surface area contributed by atoms with Crippen LogP contribution in [-0.2, 0) is 4.79 Å². The van der Waals surface area contributed by atoms with Gasteiger partial charge in [-0.3, -0.25) is 4.79 Å². The van der Waals surface area contributed by atoms with E-state index in [4.69, 9.17) is 0 Å². The lowest BCUT2D eigenvalue weighted by Gasteiger charge is -2.11. The zero-order valence-corrected chi connectivity index (χ0v) is 16.6. The Labute approximate surface area is 167 Å². The maximum absolute atomic E-state index is 12.6. The van der Waals surface area contributed by atoms with Gasteiger partial charge in [-0.05, 0) is 47.0 Å². The Hall–Kier alpha value is -3.00. The largest absolute Gasteiger partial charge is 0.272 e. The predicted octanol–water partition coefficient (Wildman–Crippen LogP) is 3.01. The van der Waals surface area contributed by atoms with E-state index in [-0.39, 0.29) is 11.7 Å². The van der Waals surface area contributed by atoms with E-state index in [1.807, 2.05) is 56.3 Å². The molecule has 3 aromatic rings. The third-order valence-corrected chi connectivity index (χ3v) is 5.46. The van der Waals surface area contributed by atoms with Crippen LogP contribution in [0.25, 0.3) is 5.69 Å². The SMILES string of the molecule is Cc1ccc(C)c(-n2nnnc2SCC(=O)N2CCC(c3ccccc3)=N2)c1. The minimum atomic E-state index is -0.0496. The van der Waals surface area contributed by atoms with Crippen molar-refractivity contribution in [1.82, 2.24) is 25.2 Å². The Morgan fingerprint density at radius 2 is 1.96 bits per heavy atom. The molecule has 0 bridgehead atoms. The number of hydrogen-bond donors (Lipinski definition) is 0. The molecule has 0 unspecified atom stereocenters. The number of aromatic nitrogens is 4. The zero-order valence-electron chi connectivity index (χ0n) is 15.7. The number of benzene rings is 2. The van der Waals surface area contributed by atoms with Crippen molar-refractivity contribution in [2.45, 2.75) is 25.4 Å². The zero-order chi connectivity index (χ0) is 19.5. The molecule has 1 amide bonds. The predicted molar refractivity (Wildman–Crippen MR) is 109 cm³/mol. The van der Waals surface area contributed by atoms with Crippen LogP contribution < -0.4 is 0 Å². The van der Waals surface area contributed by atoms with Crippen molar-refractivity contribution < 1.29 is 4.79 Å². The van der Waals surface area contributed by atoms with E-state index in [2.05, 4.69) is 26.7 Å². The Bertz CT molecular complexity index is 1030. The highest BCUT2D eigenvalue weighted by Gasteiger charge is 2.22. The average Bonchev–Trinajstić information content (AvgIpc) is 3.38. The summed E-state index contributed by atoms with van der Waals surface area (Å²) in [6.07, 6.45) is 0.765. The summed E-state index contributed by atoms with van der Waals surface area (Å²) in [7, 11) is 0. The second-order valence-corrected chi connectivity index (χ2v) is 7.57. The van der Waals surface area contributed by atoms with Crippen molar-refractivity contribution in [3.05, 3.63) is 65.2 Å². The van der Waals surface area contributed by atoms with E-state index in [0.29, 0.717) is 11.7 Å². The first-order valence-corrected chi connectivity index (χ1v) is 10.0. The molecule has 142 valence electrons. The van der Waals surface area contributed by atoms with Gasteiger partial charge in [0.1, 0.15) is 0 Å². The molecule has 7 nitrogen and oxygen atoms in total. The topological polar surface area (TPSA) is 76.3 Å². The molecule has 8 heteroatoms. The molecule has 2 heterocycles. The maximum Gasteiger partial charge on any atom is 0.253 e. The fourth-order valence-corrected chi connectivity index (χ4v) is 3.79. The van der Waals surface area contributed by atoms with Gasteiger partial charge in [0, 0.05) is 6.42 Å². The van der Waals surface area contributed by atoms with Crippen LogP contribution in [0.3, 0.4) is 0 Å².